The van der Waals surface area contributed by atoms with Gasteiger partial charge in [-0.25, -0.2) is 0 Å². The molecule has 0 saturated carbocycles. The summed E-state index contributed by atoms with van der Waals surface area (Å²) in [5, 5.41) is 2.53. The lowest BCUT2D eigenvalue weighted by Crippen LogP contribution is -2.06. The van der Waals surface area contributed by atoms with Crippen LogP contribution in [0, 0.1) is 0 Å². The summed E-state index contributed by atoms with van der Waals surface area (Å²) in [5.74, 6) is 0.0983. The molecular formula is C19H17F3N2O. The van der Waals surface area contributed by atoms with Crippen LogP contribution in [-0.2, 0) is 17.4 Å². The van der Waals surface area contributed by atoms with E-state index in [1.165, 1.54) is 17.3 Å². The first-order valence-corrected chi connectivity index (χ1v) is 8.29. The maximum Gasteiger partial charge on any atom is 0.416 e. The molecule has 0 fully saturated rings. The van der Waals surface area contributed by atoms with Crippen molar-refractivity contribution in [3.63, 3.8) is 0 Å². The first kappa shape index (κ1) is 16.0. The molecule has 1 aromatic carbocycles. The van der Waals surface area contributed by atoms with Crippen molar-refractivity contribution in [2.24, 2.45) is 0 Å². The van der Waals surface area contributed by atoms with Gasteiger partial charge >= 0.3 is 6.18 Å². The summed E-state index contributed by atoms with van der Waals surface area (Å²) in [6.45, 7) is 2.18. The number of H-pyrrole nitrogens is 1. The number of alkyl halides is 3. The normalized spacial score (nSPS) is 21.2. The number of amides is 1. The molecule has 2 heterocycles. The maximum absolute atomic E-state index is 12.8. The Morgan fingerprint density at radius 2 is 2.04 bits per heavy atom. The average Bonchev–Trinajstić information content (AvgIpc) is 3.08. The van der Waals surface area contributed by atoms with Crippen molar-refractivity contribution in [2.45, 2.75) is 38.3 Å². The summed E-state index contributed by atoms with van der Waals surface area (Å²) in [6.07, 6.45) is 0.555. The molecule has 0 spiro atoms. The van der Waals surface area contributed by atoms with Crippen LogP contribution in [-0.4, -0.2) is 10.9 Å². The molecule has 2 aromatic rings. The molecule has 0 radical (unpaired) electrons. The van der Waals surface area contributed by atoms with E-state index in [0.717, 1.165) is 37.1 Å². The van der Waals surface area contributed by atoms with Crippen LogP contribution in [0.2, 0.25) is 0 Å². The number of aromatic amines is 1. The zero-order valence-electron chi connectivity index (χ0n) is 13.6. The lowest BCUT2D eigenvalue weighted by molar-refractivity contribution is -0.137. The number of fused-ring (bicyclic) bond motifs is 2. The number of halogens is 3. The van der Waals surface area contributed by atoms with Crippen molar-refractivity contribution in [1.82, 2.24) is 4.98 Å². The average molecular weight is 346 g/mol. The molecule has 1 aliphatic carbocycles. The number of nitrogens with one attached hydrogen (secondary N) is 2. The summed E-state index contributed by atoms with van der Waals surface area (Å²) in [5.41, 5.74) is 3.60. The third-order valence-corrected chi connectivity index (χ3v) is 4.98. The quantitative estimate of drug-likeness (QED) is 0.704. The van der Waals surface area contributed by atoms with E-state index in [1.807, 2.05) is 6.07 Å². The van der Waals surface area contributed by atoms with Crippen LogP contribution in [0.1, 0.15) is 53.8 Å². The predicted octanol–water partition coefficient (Wildman–Crippen LogP) is 4.97. The van der Waals surface area contributed by atoms with Crippen molar-refractivity contribution in [3.05, 3.63) is 52.3 Å². The largest absolute Gasteiger partial charge is 0.416 e. The van der Waals surface area contributed by atoms with Crippen LogP contribution in [0.4, 0.5) is 18.9 Å². The summed E-state index contributed by atoms with van der Waals surface area (Å²) in [7, 11) is 0. The first-order valence-electron chi connectivity index (χ1n) is 8.29. The fourth-order valence-corrected chi connectivity index (χ4v) is 3.67. The zero-order valence-corrected chi connectivity index (χ0v) is 13.6. The Labute approximate surface area is 142 Å². The van der Waals surface area contributed by atoms with Crippen molar-refractivity contribution < 1.29 is 18.0 Å². The van der Waals surface area contributed by atoms with E-state index in [2.05, 4.69) is 17.2 Å². The molecule has 0 saturated heterocycles. The molecule has 25 heavy (non-hydrogen) atoms. The summed E-state index contributed by atoms with van der Waals surface area (Å²) in [6, 6.07) is 5.39. The third-order valence-electron chi connectivity index (χ3n) is 4.98. The number of hydrogen-bond acceptors (Lipinski definition) is 1. The standard InChI is InChI=1S/C19H17F3N2O/c1-10-3-2-4-16-14(10)8-12(23-16)9-15-13-6-5-11(19(20,21)22)7-17(13)24-18(15)25/h5-10,23H,2-4H2,1H3,(H,24,25). The topological polar surface area (TPSA) is 44.9 Å². The minimum atomic E-state index is -4.43. The van der Waals surface area contributed by atoms with Gasteiger partial charge in [0.15, 0.2) is 0 Å². The second-order valence-corrected chi connectivity index (χ2v) is 6.72. The van der Waals surface area contributed by atoms with Crippen LogP contribution in [0.5, 0.6) is 0 Å². The minimum Gasteiger partial charge on any atom is -0.359 e. The highest BCUT2D eigenvalue weighted by molar-refractivity contribution is 6.34. The molecule has 0 bridgehead atoms. The fourth-order valence-electron chi connectivity index (χ4n) is 3.67. The third kappa shape index (κ3) is 2.75. The number of benzene rings is 1. The number of carbonyl (C=O) groups excluding carboxylic acids is 1. The lowest BCUT2D eigenvalue weighted by atomic mass is 9.88. The van der Waals surface area contributed by atoms with Crippen molar-refractivity contribution >= 4 is 23.2 Å². The molecule has 1 amide bonds. The number of aromatic nitrogens is 1. The highest BCUT2D eigenvalue weighted by Gasteiger charge is 2.33. The van der Waals surface area contributed by atoms with E-state index < -0.39 is 11.7 Å². The SMILES string of the molecule is CC1CCCc2[nH]c(C=C3C(=O)Nc4cc(C(F)(F)F)ccc43)cc21. The van der Waals surface area contributed by atoms with Gasteiger partial charge < -0.3 is 10.3 Å². The Balaban J connectivity index is 1.73. The van der Waals surface area contributed by atoms with Gasteiger partial charge in [0.05, 0.1) is 11.1 Å². The second kappa shape index (κ2) is 5.51. The van der Waals surface area contributed by atoms with Gasteiger partial charge in [-0.05, 0) is 55.0 Å². The Kier molecular flexibility index (Phi) is 3.52. The van der Waals surface area contributed by atoms with Gasteiger partial charge in [-0.15, -0.1) is 0 Å². The van der Waals surface area contributed by atoms with Gasteiger partial charge in [-0.1, -0.05) is 13.0 Å². The summed E-state index contributed by atoms with van der Waals surface area (Å²) >= 11 is 0. The fraction of sp³-hybridized carbons (Fsp3) is 0.316. The van der Waals surface area contributed by atoms with Crippen molar-refractivity contribution in [1.29, 1.82) is 0 Å². The highest BCUT2D eigenvalue weighted by atomic mass is 19.4. The molecule has 2 N–H and O–H groups in total. The molecule has 2 aliphatic rings. The maximum atomic E-state index is 12.8. The van der Waals surface area contributed by atoms with E-state index in [9.17, 15) is 18.0 Å². The predicted molar refractivity (Wildman–Crippen MR) is 90.1 cm³/mol. The van der Waals surface area contributed by atoms with Crippen LogP contribution >= 0.6 is 0 Å². The number of rotatable bonds is 1. The number of aryl methyl sites for hydroxylation is 1. The zero-order chi connectivity index (χ0) is 17.8. The van der Waals surface area contributed by atoms with E-state index in [1.54, 1.807) is 6.08 Å². The van der Waals surface area contributed by atoms with E-state index >= 15 is 0 Å². The smallest absolute Gasteiger partial charge is 0.359 e. The highest BCUT2D eigenvalue weighted by Crippen LogP contribution is 2.39. The summed E-state index contributed by atoms with van der Waals surface area (Å²) in [4.78, 5) is 15.6. The Morgan fingerprint density at radius 1 is 1.24 bits per heavy atom. The second-order valence-electron chi connectivity index (χ2n) is 6.72. The Bertz CT molecular complexity index is 893. The molecule has 6 heteroatoms. The van der Waals surface area contributed by atoms with Crippen molar-refractivity contribution in [3.8, 4) is 0 Å². The molecule has 1 aromatic heterocycles. The van der Waals surface area contributed by atoms with E-state index in [4.69, 9.17) is 0 Å². The van der Waals surface area contributed by atoms with Crippen LogP contribution in [0.15, 0.2) is 24.3 Å². The Hall–Kier alpha value is -2.50. The molecule has 1 unspecified atom stereocenters. The molecule has 3 nitrogen and oxygen atoms in total. The van der Waals surface area contributed by atoms with Crippen LogP contribution < -0.4 is 5.32 Å². The monoisotopic (exact) mass is 346 g/mol. The molecular weight excluding hydrogens is 329 g/mol. The minimum absolute atomic E-state index is 0.204. The lowest BCUT2D eigenvalue weighted by Gasteiger charge is -2.17. The molecule has 1 aliphatic heterocycles. The van der Waals surface area contributed by atoms with Crippen molar-refractivity contribution in [2.75, 3.05) is 5.32 Å². The van der Waals surface area contributed by atoms with Gasteiger partial charge in [0.2, 0.25) is 0 Å². The van der Waals surface area contributed by atoms with E-state index in [-0.39, 0.29) is 11.6 Å². The Morgan fingerprint density at radius 3 is 2.76 bits per heavy atom. The van der Waals surface area contributed by atoms with Crippen LogP contribution in [0.3, 0.4) is 0 Å². The van der Waals surface area contributed by atoms with Gasteiger partial charge in [0.1, 0.15) is 0 Å². The van der Waals surface area contributed by atoms with Gasteiger partial charge in [-0.2, -0.15) is 13.2 Å². The van der Waals surface area contributed by atoms with E-state index in [0.29, 0.717) is 17.1 Å². The molecule has 130 valence electrons. The molecule has 4 rings (SSSR count). The number of anilines is 1. The number of hydrogen-bond donors (Lipinski definition) is 2. The van der Waals surface area contributed by atoms with Gasteiger partial charge in [0.25, 0.3) is 5.91 Å². The summed E-state index contributed by atoms with van der Waals surface area (Å²) < 4.78 is 38.5. The van der Waals surface area contributed by atoms with Gasteiger partial charge in [-0.3, -0.25) is 4.79 Å². The number of carbonyl (C=O) groups is 1. The van der Waals surface area contributed by atoms with Crippen LogP contribution in [0.25, 0.3) is 11.6 Å². The van der Waals surface area contributed by atoms with Gasteiger partial charge in [0, 0.05) is 22.6 Å². The molecule has 1 atom stereocenters. The first-order chi connectivity index (χ1) is 11.8.